The van der Waals surface area contributed by atoms with E-state index < -0.39 is 0 Å². The smallest absolute Gasteiger partial charge is 0.185 e. The number of aromatic nitrogens is 1. The number of likely N-dealkylation sites (tertiary alicyclic amines) is 1. The van der Waals surface area contributed by atoms with Crippen LogP contribution in [0.2, 0.25) is 0 Å². The monoisotopic (exact) mass is 331 g/mol. The SMILES string of the molecule is CC1CCCCN1C1CN(c2nc(-c3ccc(F)cc3)cs2)C1. The molecule has 1 aromatic heterocycles. The van der Waals surface area contributed by atoms with Crippen LogP contribution >= 0.6 is 11.3 Å². The quantitative estimate of drug-likeness (QED) is 0.847. The number of anilines is 1. The van der Waals surface area contributed by atoms with Crippen LogP contribution in [-0.2, 0) is 0 Å². The van der Waals surface area contributed by atoms with Crippen molar-refractivity contribution in [1.29, 1.82) is 0 Å². The molecule has 0 bridgehead atoms. The standard InChI is InChI=1S/C18H22FN3S/c1-13-4-2-3-9-22(13)16-10-21(11-16)18-20-17(12-23-18)14-5-7-15(19)8-6-14/h5-8,12-13,16H,2-4,9-11H2,1H3. The summed E-state index contributed by atoms with van der Waals surface area (Å²) in [5, 5.41) is 3.16. The fourth-order valence-electron chi connectivity index (χ4n) is 3.65. The van der Waals surface area contributed by atoms with E-state index in [2.05, 4.69) is 22.1 Å². The number of thiazole rings is 1. The van der Waals surface area contributed by atoms with E-state index in [0.29, 0.717) is 6.04 Å². The molecule has 122 valence electrons. The van der Waals surface area contributed by atoms with E-state index in [1.807, 2.05) is 0 Å². The Morgan fingerprint density at radius 3 is 2.70 bits per heavy atom. The van der Waals surface area contributed by atoms with Crippen molar-refractivity contribution in [3.8, 4) is 11.3 Å². The summed E-state index contributed by atoms with van der Waals surface area (Å²) in [6.07, 6.45) is 4.05. The number of halogens is 1. The fraction of sp³-hybridized carbons (Fsp3) is 0.500. The van der Waals surface area contributed by atoms with Crippen LogP contribution in [0.1, 0.15) is 26.2 Å². The number of hydrogen-bond donors (Lipinski definition) is 0. The summed E-state index contributed by atoms with van der Waals surface area (Å²) in [6, 6.07) is 7.98. The topological polar surface area (TPSA) is 19.4 Å². The first-order chi connectivity index (χ1) is 11.2. The second-order valence-corrected chi connectivity index (χ2v) is 7.50. The predicted octanol–water partition coefficient (Wildman–Crippen LogP) is 4.01. The van der Waals surface area contributed by atoms with Crippen molar-refractivity contribution < 1.29 is 4.39 Å². The molecule has 3 heterocycles. The lowest BCUT2D eigenvalue weighted by Crippen LogP contribution is -2.62. The Morgan fingerprint density at radius 2 is 1.96 bits per heavy atom. The highest BCUT2D eigenvalue weighted by Crippen LogP contribution is 2.32. The normalized spacial score (nSPS) is 23.0. The van der Waals surface area contributed by atoms with Crippen molar-refractivity contribution in [2.24, 2.45) is 0 Å². The van der Waals surface area contributed by atoms with Crippen LogP contribution in [0.15, 0.2) is 29.6 Å². The maximum atomic E-state index is 13.0. The van der Waals surface area contributed by atoms with Gasteiger partial charge in [-0.25, -0.2) is 9.37 Å². The minimum atomic E-state index is -0.203. The lowest BCUT2D eigenvalue weighted by molar-refractivity contribution is 0.0876. The minimum absolute atomic E-state index is 0.203. The minimum Gasteiger partial charge on any atom is -0.345 e. The zero-order chi connectivity index (χ0) is 15.8. The van der Waals surface area contributed by atoms with E-state index in [9.17, 15) is 4.39 Å². The highest BCUT2D eigenvalue weighted by atomic mass is 32.1. The van der Waals surface area contributed by atoms with Crippen LogP contribution < -0.4 is 4.90 Å². The maximum Gasteiger partial charge on any atom is 0.185 e. The molecule has 3 nitrogen and oxygen atoms in total. The molecule has 1 atom stereocenters. The largest absolute Gasteiger partial charge is 0.345 e. The molecular weight excluding hydrogens is 309 g/mol. The average molecular weight is 331 g/mol. The Balaban J connectivity index is 1.40. The van der Waals surface area contributed by atoms with Gasteiger partial charge < -0.3 is 4.90 Å². The van der Waals surface area contributed by atoms with Crippen molar-refractivity contribution in [3.63, 3.8) is 0 Å². The maximum absolute atomic E-state index is 13.0. The lowest BCUT2D eigenvalue weighted by atomic mass is 9.98. The fourth-order valence-corrected chi connectivity index (χ4v) is 4.50. The Kier molecular flexibility index (Phi) is 4.07. The first kappa shape index (κ1) is 15.1. The molecule has 23 heavy (non-hydrogen) atoms. The summed E-state index contributed by atoms with van der Waals surface area (Å²) in [7, 11) is 0. The number of nitrogens with zero attached hydrogens (tertiary/aromatic N) is 3. The molecule has 0 N–H and O–H groups in total. The van der Waals surface area contributed by atoms with Gasteiger partial charge in [0.05, 0.1) is 5.69 Å². The van der Waals surface area contributed by atoms with Crippen LogP contribution in [0.4, 0.5) is 9.52 Å². The Hall–Kier alpha value is -1.46. The van der Waals surface area contributed by atoms with Crippen LogP contribution in [0.3, 0.4) is 0 Å². The second kappa shape index (κ2) is 6.21. The van der Waals surface area contributed by atoms with Gasteiger partial charge in [-0.1, -0.05) is 6.42 Å². The highest BCUT2D eigenvalue weighted by Gasteiger charge is 2.36. The summed E-state index contributed by atoms with van der Waals surface area (Å²) in [5.41, 5.74) is 1.93. The zero-order valence-electron chi connectivity index (χ0n) is 13.4. The number of hydrogen-bond acceptors (Lipinski definition) is 4. The van der Waals surface area contributed by atoms with E-state index >= 15 is 0 Å². The number of benzene rings is 1. The zero-order valence-corrected chi connectivity index (χ0v) is 14.2. The third kappa shape index (κ3) is 3.00. The van der Waals surface area contributed by atoms with Crippen molar-refractivity contribution in [2.75, 3.05) is 24.5 Å². The van der Waals surface area contributed by atoms with Crippen molar-refractivity contribution in [1.82, 2.24) is 9.88 Å². The van der Waals surface area contributed by atoms with Gasteiger partial charge in [0.2, 0.25) is 0 Å². The van der Waals surface area contributed by atoms with Crippen LogP contribution in [-0.4, -0.2) is 41.6 Å². The van der Waals surface area contributed by atoms with Crippen molar-refractivity contribution >= 4 is 16.5 Å². The molecule has 0 spiro atoms. The number of piperidine rings is 1. The Labute approximate surface area is 140 Å². The highest BCUT2D eigenvalue weighted by molar-refractivity contribution is 7.14. The molecule has 5 heteroatoms. The van der Waals surface area contributed by atoms with E-state index in [0.717, 1.165) is 35.5 Å². The molecule has 4 rings (SSSR count). The predicted molar refractivity (Wildman–Crippen MR) is 93.5 cm³/mol. The van der Waals surface area contributed by atoms with Gasteiger partial charge in [-0.05, 0) is 50.6 Å². The van der Waals surface area contributed by atoms with Crippen LogP contribution in [0.5, 0.6) is 0 Å². The molecule has 2 aromatic rings. The summed E-state index contributed by atoms with van der Waals surface area (Å²) >= 11 is 1.68. The van der Waals surface area contributed by atoms with Gasteiger partial charge in [-0.15, -0.1) is 11.3 Å². The average Bonchev–Trinajstić information content (AvgIpc) is 2.98. The summed E-state index contributed by atoms with van der Waals surface area (Å²) in [4.78, 5) is 9.77. The van der Waals surface area contributed by atoms with E-state index in [1.165, 1.54) is 37.9 Å². The molecule has 0 saturated carbocycles. The molecule has 2 aliphatic heterocycles. The van der Waals surface area contributed by atoms with E-state index in [-0.39, 0.29) is 5.82 Å². The van der Waals surface area contributed by atoms with E-state index in [1.54, 1.807) is 23.5 Å². The molecule has 0 amide bonds. The molecule has 2 aliphatic rings. The van der Waals surface area contributed by atoms with Crippen molar-refractivity contribution in [3.05, 3.63) is 35.5 Å². The molecule has 1 aromatic carbocycles. The van der Waals surface area contributed by atoms with Gasteiger partial charge >= 0.3 is 0 Å². The van der Waals surface area contributed by atoms with E-state index in [4.69, 9.17) is 4.98 Å². The van der Waals surface area contributed by atoms with Gasteiger partial charge in [-0.2, -0.15) is 0 Å². The molecule has 0 radical (unpaired) electrons. The summed E-state index contributed by atoms with van der Waals surface area (Å²) in [5.74, 6) is -0.203. The number of rotatable bonds is 3. The first-order valence-corrected chi connectivity index (χ1v) is 9.31. The Bertz CT molecular complexity index is 663. The van der Waals surface area contributed by atoms with Gasteiger partial charge in [0.1, 0.15) is 5.82 Å². The third-order valence-electron chi connectivity index (χ3n) is 5.09. The first-order valence-electron chi connectivity index (χ1n) is 8.43. The summed E-state index contributed by atoms with van der Waals surface area (Å²) < 4.78 is 13.0. The molecule has 2 fully saturated rings. The molecule has 2 saturated heterocycles. The summed E-state index contributed by atoms with van der Waals surface area (Å²) in [6.45, 7) is 5.78. The van der Waals surface area contributed by atoms with Crippen LogP contribution in [0, 0.1) is 5.82 Å². The van der Waals surface area contributed by atoms with Gasteiger partial charge in [0, 0.05) is 36.1 Å². The van der Waals surface area contributed by atoms with Crippen LogP contribution in [0.25, 0.3) is 11.3 Å². The second-order valence-electron chi connectivity index (χ2n) is 6.66. The van der Waals surface area contributed by atoms with Crippen molar-refractivity contribution in [2.45, 2.75) is 38.3 Å². The Morgan fingerprint density at radius 1 is 1.17 bits per heavy atom. The van der Waals surface area contributed by atoms with Gasteiger partial charge in [0.25, 0.3) is 0 Å². The molecular formula is C18H22FN3S. The molecule has 1 unspecified atom stereocenters. The molecule has 0 aliphatic carbocycles. The lowest BCUT2D eigenvalue weighted by Gasteiger charge is -2.49. The third-order valence-corrected chi connectivity index (χ3v) is 5.99. The van der Waals surface area contributed by atoms with Gasteiger partial charge in [-0.3, -0.25) is 4.90 Å². The van der Waals surface area contributed by atoms with Gasteiger partial charge in [0.15, 0.2) is 5.13 Å².